The molecule has 0 amide bonds. The Kier molecular flexibility index (Phi) is 9.00. The highest BCUT2D eigenvalue weighted by atomic mass is 16.5. The molecule has 6 nitrogen and oxygen atoms in total. The minimum absolute atomic E-state index is 0.327. The van der Waals surface area contributed by atoms with Gasteiger partial charge in [0.25, 0.3) is 0 Å². The van der Waals surface area contributed by atoms with Gasteiger partial charge in [-0.05, 0) is 41.8 Å². The number of aliphatic hydroxyl groups is 1. The highest BCUT2D eigenvalue weighted by Gasteiger charge is 2.19. The fraction of sp³-hybridized carbons (Fsp3) is 0.520. The molecule has 0 unspecified atom stereocenters. The molecule has 0 saturated carbocycles. The summed E-state index contributed by atoms with van der Waals surface area (Å²) < 4.78 is 16.7. The summed E-state index contributed by atoms with van der Waals surface area (Å²) in [6.07, 6.45) is -0.490. The van der Waals surface area contributed by atoms with Crippen molar-refractivity contribution in [2.24, 2.45) is 0 Å². The Bertz CT molecular complexity index is 773. The largest absolute Gasteiger partial charge is 0.497 e. The standard InChI is InChI=1S/C25H36N2O4/c1-20(2)24-6-4-5-7-25(24)31-17-16-30-19-22(28)18-26-12-14-27(15-13-26)21-8-10-23(29-3)11-9-21/h4-11,20,22,28H,12-19H2,1-3H3/t22-/m1/s1. The van der Waals surface area contributed by atoms with Gasteiger partial charge in [-0.1, -0.05) is 32.0 Å². The molecule has 6 heteroatoms. The highest BCUT2D eigenvalue weighted by Crippen LogP contribution is 2.25. The van der Waals surface area contributed by atoms with E-state index in [2.05, 4.69) is 41.8 Å². The monoisotopic (exact) mass is 428 g/mol. The van der Waals surface area contributed by atoms with E-state index >= 15 is 0 Å². The van der Waals surface area contributed by atoms with Crippen LogP contribution in [-0.2, 0) is 4.74 Å². The van der Waals surface area contributed by atoms with Crippen LogP contribution in [0.2, 0.25) is 0 Å². The number of para-hydroxylation sites is 1. The topological polar surface area (TPSA) is 54.4 Å². The SMILES string of the molecule is COc1ccc(N2CCN(C[C@@H](O)COCCOc3ccccc3C(C)C)CC2)cc1. The Morgan fingerprint density at radius 2 is 1.65 bits per heavy atom. The first kappa shape index (κ1) is 23.4. The predicted octanol–water partition coefficient (Wildman–Crippen LogP) is 3.40. The molecular formula is C25H36N2O4. The van der Waals surface area contributed by atoms with Crippen LogP contribution in [0, 0.1) is 0 Å². The van der Waals surface area contributed by atoms with Gasteiger partial charge in [-0.3, -0.25) is 4.90 Å². The molecule has 1 aliphatic rings. The zero-order chi connectivity index (χ0) is 22.1. The summed E-state index contributed by atoms with van der Waals surface area (Å²) in [4.78, 5) is 4.66. The Balaban J connectivity index is 1.30. The second kappa shape index (κ2) is 11.9. The number of hydrogen-bond donors (Lipinski definition) is 1. The first-order chi connectivity index (χ1) is 15.1. The van der Waals surface area contributed by atoms with Crippen molar-refractivity contribution in [3.8, 4) is 11.5 Å². The number of nitrogens with zero attached hydrogens (tertiary/aromatic N) is 2. The van der Waals surface area contributed by atoms with E-state index in [-0.39, 0.29) is 0 Å². The summed E-state index contributed by atoms with van der Waals surface area (Å²) >= 11 is 0. The number of anilines is 1. The molecule has 0 bridgehead atoms. The summed E-state index contributed by atoms with van der Waals surface area (Å²) in [5.74, 6) is 2.21. The van der Waals surface area contributed by atoms with E-state index in [9.17, 15) is 5.11 Å². The van der Waals surface area contributed by atoms with Crippen LogP contribution >= 0.6 is 0 Å². The smallest absolute Gasteiger partial charge is 0.122 e. The molecule has 0 aliphatic carbocycles. The Hall–Kier alpha value is -2.28. The van der Waals surface area contributed by atoms with E-state index in [4.69, 9.17) is 14.2 Å². The maximum absolute atomic E-state index is 10.3. The Labute approximate surface area is 186 Å². The van der Waals surface area contributed by atoms with Gasteiger partial charge in [0.05, 0.1) is 26.4 Å². The Morgan fingerprint density at radius 1 is 0.935 bits per heavy atom. The summed E-state index contributed by atoms with van der Waals surface area (Å²) in [6, 6.07) is 16.3. The number of piperazine rings is 1. The van der Waals surface area contributed by atoms with Gasteiger partial charge in [0.1, 0.15) is 18.1 Å². The van der Waals surface area contributed by atoms with E-state index in [0.29, 0.717) is 32.3 Å². The normalized spacial score (nSPS) is 15.8. The van der Waals surface area contributed by atoms with Crippen LogP contribution in [0.25, 0.3) is 0 Å². The highest BCUT2D eigenvalue weighted by molar-refractivity contribution is 5.49. The molecule has 3 rings (SSSR count). The third kappa shape index (κ3) is 7.13. The van der Waals surface area contributed by atoms with E-state index in [1.54, 1.807) is 7.11 Å². The average molecular weight is 429 g/mol. The molecule has 170 valence electrons. The summed E-state index contributed by atoms with van der Waals surface area (Å²) in [6.45, 7) is 9.98. The van der Waals surface area contributed by atoms with Gasteiger partial charge >= 0.3 is 0 Å². The lowest BCUT2D eigenvalue weighted by molar-refractivity contribution is 0.00709. The predicted molar refractivity (Wildman–Crippen MR) is 124 cm³/mol. The number of methoxy groups -OCH3 is 1. The van der Waals surface area contributed by atoms with Crippen molar-refractivity contribution in [2.45, 2.75) is 25.9 Å². The van der Waals surface area contributed by atoms with E-state index in [0.717, 1.165) is 37.7 Å². The zero-order valence-corrected chi connectivity index (χ0v) is 19.0. The molecule has 1 N–H and O–H groups in total. The number of hydrogen-bond acceptors (Lipinski definition) is 6. The molecule has 1 atom stereocenters. The van der Waals surface area contributed by atoms with Crippen molar-refractivity contribution < 1.29 is 19.3 Å². The van der Waals surface area contributed by atoms with Crippen LogP contribution in [0.1, 0.15) is 25.3 Å². The van der Waals surface area contributed by atoms with E-state index in [1.807, 2.05) is 30.3 Å². The lowest BCUT2D eigenvalue weighted by atomic mass is 10.0. The molecule has 0 radical (unpaired) electrons. The van der Waals surface area contributed by atoms with Crippen LogP contribution in [0.4, 0.5) is 5.69 Å². The summed E-state index contributed by atoms with van der Waals surface area (Å²) in [5.41, 5.74) is 2.42. The van der Waals surface area contributed by atoms with Crippen LogP contribution in [-0.4, -0.2) is 75.8 Å². The number of rotatable bonds is 11. The first-order valence-electron chi connectivity index (χ1n) is 11.2. The molecule has 1 heterocycles. The molecule has 1 aliphatic heterocycles. The van der Waals surface area contributed by atoms with Crippen LogP contribution in [0.5, 0.6) is 11.5 Å². The van der Waals surface area contributed by atoms with Gasteiger partial charge in [0.2, 0.25) is 0 Å². The molecule has 2 aromatic rings. The second-order valence-corrected chi connectivity index (χ2v) is 8.26. The molecule has 0 spiro atoms. The summed E-state index contributed by atoms with van der Waals surface area (Å²) in [7, 11) is 1.68. The van der Waals surface area contributed by atoms with Crippen LogP contribution in [0.3, 0.4) is 0 Å². The average Bonchev–Trinajstić information content (AvgIpc) is 2.79. The van der Waals surface area contributed by atoms with Crippen LogP contribution in [0.15, 0.2) is 48.5 Å². The molecule has 2 aromatic carbocycles. The van der Waals surface area contributed by atoms with E-state index < -0.39 is 6.10 Å². The van der Waals surface area contributed by atoms with Crippen molar-refractivity contribution in [1.82, 2.24) is 4.90 Å². The van der Waals surface area contributed by atoms with Gasteiger partial charge in [0.15, 0.2) is 0 Å². The maximum atomic E-state index is 10.3. The fourth-order valence-electron chi connectivity index (χ4n) is 3.85. The number of ether oxygens (including phenoxy) is 3. The molecule has 1 saturated heterocycles. The van der Waals surface area contributed by atoms with Gasteiger partial charge in [-0.2, -0.15) is 0 Å². The van der Waals surface area contributed by atoms with Gasteiger partial charge in [-0.15, -0.1) is 0 Å². The third-order valence-electron chi connectivity index (χ3n) is 5.62. The van der Waals surface area contributed by atoms with Gasteiger partial charge < -0.3 is 24.2 Å². The molecular weight excluding hydrogens is 392 g/mol. The van der Waals surface area contributed by atoms with Gasteiger partial charge in [-0.25, -0.2) is 0 Å². The fourth-order valence-corrected chi connectivity index (χ4v) is 3.85. The lowest BCUT2D eigenvalue weighted by Gasteiger charge is -2.36. The number of β-amino-alcohol motifs (C(OH)–C–C–N with tert-alkyl or cyclic N) is 1. The van der Waals surface area contributed by atoms with E-state index in [1.165, 1.54) is 11.3 Å². The lowest BCUT2D eigenvalue weighted by Crippen LogP contribution is -2.49. The van der Waals surface area contributed by atoms with Crippen LogP contribution < -0.4 is 14.4 Å². The van der Waals surface area contributed by atoms with Crippen molar-refractivity contribution in [3.63, 3.8) is 0 Å². The van der Waals surface area contributed by atoms with Crippen molar-refractivity contribution in [2.75, 3.05) is 64.6 Å². The molecule has 1 fully saturated rings. The quantitative estimate of drug-likeness (QED) is 0.554. The second-order valence-electron chi connectivity index (χ2n) is 8.26. The van der Waals surface area contributed by atoms with Crippen molar-refractivity contribution in [1.29, 1.82) is 0 Å². The summed E-state index contributed by atoms with van der Waals surface area (Å²) in [5, 5.41) is 10.3. The number of aliphatic hydroxyl groups excluding tert-OH is 1. The molecule has 31 heavy (non-hydrogen) atoms. The van der Waals surface area contributed by atoms with Crippen molar-refractivity contribution >= 4 is 5.69 Å². The maximum Gasteiger partial charge on any atom is 0.122 e. The Morgan fingerprint density at radius 3 is 2.32 bits per heavy atom. The van der Waals surface area contributed by atoms with Crippen molar-refractivity contribution in [3.05, 3.63) is 54.1 Å². The van der Waals surface area contributed by atoms with Gasteiger partial charge in [0, 0.05) is 38.4 Å². The first-order valence-corrected chi connectivity index (χ1v) is 11.2. The minimum atomic E-state index is -0.490. The minimum Gasteiger partial charge on any atom is -0.497 e. The zero-order valence-electron chi connectivity index (χ0n) is 19.0. The number of benzene rings is 2. The molecule has 0 aromatic heterocycles. The third-order valence-corrected chi connectivity index (χ3v) is 5.62.